The van der Waals surface area contributed by atoms with Crippen LogP contribution < -0.4 is 14.8 Å². The number of para-hydroxylation sites is 1. The number of thiazole rings is 1. The maximum atomic E-state index is 12.5. The van der Waals surface area contributed by atoms with E-state index in [4.69, 9.17) is 9.47 Å². The molecule has 4 rings (SSSR count). The predicted octanol–water partition coefficient (Wildman–Crippen LogP) is 4.78. The van der Waals surface area contributed by atoms with Crippen molar-refractivity contribution in [2.75, 3.05) is 20.3 Å². The third kappa shape index (κ3) is 4.55. The molecule has 29 heavy (non-hydrogen) atoms. The highest BCUT2D eigenvalue weighted by Gasteiger charge is 2.11. The maximum absolute atomic E-state index is 12.5. The van der Waals surface area contributed by atoms with Gasteiger partial charge in [0.05, 0.1) is 23.9 Å². The van der Waals surface area contributed by atoms with Crippen LogP contribution in [0.2, 0.25) is 0 Å². The minimum atomic E-state index is -0.122. The highest BCUT2D eigenvalue weighted by Crippen LogP contribution is 2.31. The molecule has 5 nitrogen and oxygen atoms in total. The molecule has 0 radical (unpaired) electrons. The van der Waals surface area contributed by atoms with Gasteiger partial charge in [-0.15, -0.1) is 11.3 Å². The molecular formula is C23H20N2O3S. The molecule has 6 heteroatoms. The standard InChI is InChI=1S/C23H20N2O3S/c1-27-18-10-7-16(8-11-18)23-25-20-12-9-17(15-21(20)29-23)22(26)24-13-14-28-19-5-3-2-4-6-19/h2-12,15H,13-14H2,1H3,(H,24,26). The predicted molar refractivity (Wildman–Crippen MR) is 116 cm³/mol. The molecule has 0 atom stereocenters. The number of nitrogens with one attached hydrogen (secondary N) is 1. The number of benzene rings is 3. The lowest BCUT2D eigenvalue weighted by Gasteiger charge is -2.07. The normalized spacial score (nSPS) is 10.7. The maximum Gasteiger partial charge on any atom is 0.251 e. The molecule has 0 saturated heterocycles. The molecule has 1 aromatic heterocycles. The highest BCUT2D eigenvalue weighted by molar-refractivity contribution is 7.21. The van der Waals surface area contributed by atoms with Gasteiger partial charge in [-0.3, -0.25) is 4.79 Å². The van der Waals surface area contributed by atoms with Crippen molar-refractivity contribution in [1.29, 1.82) is 0 Å². The van der Waals surface area contributed by atoms with Gasteiger partial charge in [-0.2, -0.15) is 0 Å². The fourth-order valence-electron chi connectivity index (χ4n) is 2.88. The van der Waals surface area contributed by atoms with Gasteiger partial charge >= 0.3 is 0 Å². The fourth-order valence-corrected chi connectivity index (χ4v) is 3.89. The molecule has 146 valence electrons. The molecule has 1 N–H and O–H groups in total. The highest BCUT2D eigenvalue weighted by atomic mass is 32.1. The van der Waals surface area contributed by atoms with Crippen LogP contribution in [0.1, 0.15) is 10.4 Å². The van der Waals surface area contributed by atoms with Crippen LogP contribution in [0.5, 0.6) is 11.5 Å². The van der Waals surface area contributed by atoms with E-state index in [-0.39, 0.29) is 5.91 Å². The lowest BCUT2D eigenvalue weighted by atomic mass is 10.2. The van der Waals surface area contributed by atoms with Crippen LogP contribution >= 0.6 is 11.3 Å². The van der Waals surface area contributed by atoms with Crippen molar-refractivity contribution in [2.45, 2.75) is 0 Å². The minimum absolute atomic E-state index is 0.122. The van der Waals surface area contributed by atoms with Gasteiger partial charge in [0.25, 0.3) is 5.91 Å². The number of hydrogen-bond donors (Lipinski definition) is 1. The van der Waals surface area contributed by atoms with E-state index in [1.807, 2.05) is 66.7 Å². The third-order valence-electron chi connectivity index (χ3n) is 4.39. The molecule has 0 aliphatic carbocycles. The van der Waals surface area contributed by atoms with Gasteiger partial charge in [0.2, 0.25) is 0 Å². The largest absolute Gasteiger partial charge is 0.497 e. The quantitative estimate of drug-likeness (QED) is 0.450. The number of ether oxygens (including phenoxy) is 2. The summed E-state index contributed by atoms with van der Waals surface area (Å²) >= 11 is 1.56. The number of nitrogens with zero attached hydrogens (tertiary/aromatic N) is 1. The smallest absolute Gasteiger partial charge is 0.251 e. The van der Waals surface area contributed by atoms with Crippen molar-refractivity contribution in [3.05, 3.63) is 78.4 Å². The number of fused-ring (bicyclic) bond motifs is 1. The van der Waals surface area contributed by atoms with Crippen LogP contribution in [-0.4, -0.2) is 31.2 Å². The topological polar surface area (TPSA) is 60.5 Å². The Morgan fingerprint density at radius 3 is 2.55 bits per heavy atom. The van der Waals surface area contributed by atoms with E-state index in [1.54, 1.807) is 24.5 Å². The lowest BCUT2D eigenvalue weighted by molar-refractivity contribution is 0.0947. The molecule has 0 spiro atoms. The summed E-state index contributed by atoms with van der Waals surface area (Å²) in [5.74, 6) is 1.48. The zero-order chi connectivity index (χ0) is 20.1. The van der Waals surface area contributed by atoms with Gasteiger partial charge in [-0.05, 0) is 54.6 Å². The Bertz CT molecular complexity index is 1110. The molecule has 0 aliphatic heterocycles. The molecule has 1 heterocycles. The Labute approximate surface area is 172 Å². The van der Waals surface area contributed by atoms with Crippen molar-refractivity contribution in [3.63, 3.8) is 0 Å². The van der Waals surface area contributed by atoms with Gasteiger partial charge in [0.1, 0.15) is 23.1 Å². The molecule has 0 fully saturated rings. The van der Waals surface area contributed by atoms with Gasteiger partial charge < -0.3 is 14.8 Å². The summed E-state index contributed by atoms with van der Waals surface area (Å²) in [4.78, 5) is 17.1. The second-order valence-corrected chi connectivity index (χ2v) is 7.38. The second kappa shape index (κ2) is 8.75. The Kier molecular flexibility index (Phi) is 5.72. The average molecular weight is 404 g/mol. The SMILES string of the molecule is COc1ccc(-c2nc3ccc(C(=O)NCCOc4ccccc4)cc3s2)cc1. The van der Waals surface area contributed by atoms with E-state index in [1.165, 1.54) is 0 Å². The van der Waals surface area contributed by atoms with Gasteiger partial charge in [-0.1, -0.05) is 18.2 Å². The summed E-state index contributed by atoms with van der Waals surface area (Å²) in [5, 5.41) is 3.80. The summed E-state index contributed by atoms with van der Waals surface area (Å²) in [6, 6.07) is 22.9. The van der Waals surface area contributed by atoms with Crippen LogP contribution in [0.3, 0.4) is 0 Å². The number of rotatable bonds is 7. The number of amides is 1. The molecule has 0 unspecified atom stereocenters. The van der Waals surface area contributed by atoms with Gasteiger partial charge in [0.15, 0.2) is 0 Å². The van der Waals surface area contributed by atoms with E-state index in [9.17, 15) is 4.79 Å². The van der Waals surface area contributed by atoms with Crippen molar-refractivity contribution in [1.82, 2.24) is 10.3 Å². The third-order valence-corrected chi connectivity index (χ3v) is 5.45. The lowest BCUT2D eigenvalue weighted by Crippen LogP contribution is -2.28. The first-order valence-electron chi connectivity index (χ1n) is 9.24. The fraction of sp³-hybridized carbons (Fsp3) is 0.130. The molecular weight excluding hydrogens is 384 g/mol. The van der Waals surface area contributed by atoms with Crippen LogP contribution in [-0.2, 0) is 0 Å². The van der Waals surface area contributed by atoms with E-state index in [2.05, 4.69) is 10.3 Å². The first kappa shape index (κ1) is 19.0. The zero-order valence-electron chi connectivity index (χ0n) is 15.9. The number of carbonyl (C=O) groups excluding carboxylic acids is 1. The van der Waals surface area contributed by atoms with Crippen molar-refractivity contribution < 1.29 is 14.3 Å². The van der Waals surface area contributed by atoms with Crippen molar-refractivity contribution in [2.24, 2.45) is 0 Å². The minimum Gasteiger partial charge on any atom is -0.497 e. The Hall–Kier alpha value is -3.38. The van der Waals surface area contributed by atoms with E-state index < -0.39 is 0 Å². The molecule has 0 bridgehead atoms. The van der Waals surface area contributed by atoms with Crippen molar-refractivity contribution >= 4 is 27.5 Å². The number of methoxy groups -OCH3 is 1. The number of hydrogen-bond acceptors (Lipinski definition) is 5. The van der Waals surface area contributed by atoms with Crippen LogP contribution in [0.25, 0.3) is 20.8 Å². The molecule has 0 saturated carbocycles. The number of aromatic nitrogens is 1. The van der Waals surface area contributed by atoms with Gasteiger partial charge in [-0.25, -0.2) is 4.98 Å². The molecule has 3 aromatic carbocycles. The number of carbonyl (C=O) groups is 1. The summed E-state index contributed by atoms with van der Waals surface area (Å²) < 4.78 is 11.8. The van der Waals surface area contributed by atoms with Gasteiger partial charge in [0, 0.05) is 11.1 Å². The van der Waals surface area contributed by atoms with Crippen LogP contribution in [0.15, 0.2) is 72.8 Å². The van der Waals surface area contributed by atoms with Crippen molar-refractivity contribution in [3.8, 4) is 22.1 Å². The molecule has 4 aromatic rings. The average Bonchev–Trinajstić information content (AvgIpc) is 3.21. The first-order valence-corrected chi connectivity index (χ1v) is 10.1. The zero-order valence-corrected chi connectivity index (χ0v) is 16.7. The van der Waals surface area contributed by atoms with E-state index in [0.29, 0.717) is 18.7 Å². The Morgan fingerprint density at radius 2 is 1.79 bits per heavy atom. The Balaban J connectivity index is 1.40. The monoisotopic (exact) mass is 404 g/mol. The summed E-state index contributed by atoms with van der Waals surface area (Å²) in [6.45, 7) is 0.853. The Morgan fingerprint density at radius 1 is 1.00 bits per heavy atom. The summed E-state index contributed by atoms with van der Waals surface area (Å²) in [7, 11) is 1.65. The summed E-state index contributed by atoms with van der Waals surface area (Å²) in [5.41, 5.74) is 2.52. The molecule has 1 amide bonds. The second-order valence-electron chi connectivity index (χ2n) is 6.35. The first-order chi connectivity index (χ1) is 14.2. The molecule has 0 aliphatic rings. The van der Waals surface area contributed by atoms with Crippen LogP contribution in [0, 0.1) is 0 Å². The van der Waals surface area contributed by atoms with E-state index >= 15 is 0 Å². The summed E-state index contributed by atoms with van der Waals surface area (Å²) in [6.07, 6.45) is 0. The van der Waals surface area contributed by atoms with Crippen LogP contribution in [0.4, 0.5) is 0 Å². The van der Waals surface area contributed by atoms with E-state index in [0.717, 1.165) is 32.3 Å².